The molecule has 0 aromatic heterocycles. The molecular weight excluding hydrogens is 347 g/mol. The molecule has 0 fully saturated rings. The fourth-order valence-corrected chi connectivity index (χ4v) is 2.09. The quantitative estimate of drug-likeness (QED) is 0.481. The van der Waals surface area contributed by atoms with Crippen molar-refractivity contribution in [1.29, 1.82) is 0 Å². The summed E-state index contributed by atoms with van der Waals surface area (Å²) in [6.07, 6.45) is 0. The summed E-state index contributed by atoms with van der Waals surface area (Å²) in [5, 5.41) is 13.1. The number of benzene rings is 2. The molecule has 0 unspecified atom stereocenters. The summed E-state index contributed by atoms with van der Waals surface area (Å²) >= 11 is 0. The van der Waals surface area contributed by atoms with Gasteiger partial charge in [-0.3, -0.25) is 14.9 Å². The lowest BCUT2D eigenvalue weighted by Crippen LogP contribution is -2.21. The minimum absolute atomic E-state index is 0.0513. The molecule has 0 saturated carbocycles. The van der Waals surface area contributed by atoms with Gasteiger partial charge in [-0.25, -0.2) is 9.18 Å². The van der Waals surface area contributed by atoms with E-state index in [1.54, 1.807) is 13.0 Å². The first-order chi connectivity index (χ1) is 12.3. The van der Waals surface area contributed by atoms with Gasteiger partial charge < -0.3 is 14.8 Å². The molecule has 0 spiro atoms. The Hall–Kier alpha value is -3.49. The summed E-state index contributed by atoms with van der Waals surface area (Å²) in [4.78, 5) is 34.0. The number of non-ortho nitro benzene ring substituents is 1. The van der Waals surface area contributed by atoms with E-state index in [9.17, 15) is 24.1 Å². The van der Waals surface area contributed by atoms with Gasteiger partial charge in [0.15, 0.2) is 6.61 Å². The topological polar surface area (TPSA) is 108 Å². The molecule has 8 nitrogen and oxygen atoms in total. The smallest absolute Gasteiger partial charge is 0.342 e. The molecular formula is C17H15FN2O6. The first-order valence-corrected chi connectivity index (χ1v) is 7.37. The Morgan fingerprint density at radius 1 is 1.23 bits per heavy atom. The third-order valence-electron chi connectivity index (χ3n) is 3.35. The SMILES string of the molecule is COc1ccc([N+](=O)[O-])cc1C(=O)OCC(=O)Nc1ccc(C)cc1F. The molecule has 2 rings (SSSR count). The van der Waals surface area contributed by atoms with Crippen molar-refractivity contribution in [3.8, 4) is 5.75 Å². The van der Waals surface area contributed by atoms with Crippen molar-refractivity contribution >= 4 is 23.3 Å². The van der Waals surface area contributed by atoms with Crippen LogP contribution in [0, 0.1) is 22.9 Å². The van der Waals surface area contributed by atoms with Crippen LogP contribution in [0.5, 0.6) is 5.75 Å². The zero-order chi connectivity index (χ0) is 19.3. The van der Waals surface area contributed by atoms with E-state index in [4.69, 9.17) is 9.47 Å². The van der Waals surface area contributed by atoms with Crippen LogP contribution in [0.25, 0.3) is 0 Å². The minimum Gasteiger partial charge on any atom is -0.496 e. The van der Waals surface area contributed by atoms with E-state index in [-0.39, 0.29) is 22.7 Å². The molecule has 0 heterocycles. The third kappa shape index (κ3) is 4.53. The van der Waals surface area contributed by atoms with Crippen LogP contribution < -0.4 is 10.1 Å². The highest BCUT2D eigenvalue weighted by atomic mass is 19.1. The lowest BCUT2D eigenvalue weighted by Gasteiger charge is -2.10. The monoisotopic (exact) mass is 362 g/mol. The number of esters is 1. The zero-order valence-corrected chi connectivity index (χ0v) is 13.9. The Balaban J connectivity index is 2.05. The second-order valence-corrected chi connectivity index (χ2v) is 5.25. The molecule has 0 radical (unpaired) electrons. The molecule has 1 amide bonds. The molecule has 0 bridgehead atoms. The number of aryl methyl sites for hydroxylation is 1. The highest BCUT2D eigenvalue weighted by Gasteiger charge is 2.20. The fourth-order valence-electron chi connectivity index (χ4n) is 2.09. The molecule has 0 aliphatic heterocycles. The lowest BCUT2D eigenvalue weighted by atomic mass is 10.2. The average Bonchev–Trinajstić information content (AvgIpc) is 2.61. The molecule has 0 atom stereocenters. The van der Waals surface area contributed by atoms with Gasteiger partial charge in [-0.2, -0.15) is 0 Å². The summed E-state index contributed by atoms with van der Waals surface area (Å²) in [6, 6.07) is 7.64. The van der Waals surface area contributed by atoms with Crippen LogP contribution in [0.2, 0.25) is 0 Å². The van der Waals surface area contributed by atoms with E-state index < -0.39 is 29.2 Å². The maximum atomic E-state index is 13.7. The molecule has 0 aliphatic rings. The average molecular weight is 362 g/mol. The predicted molar refractivity (Wildman–Crippen MR) is 89.7 cm³/mol. The van der Waals surface area contributed by atoms with Crippen LogP contribution in [-0.2, 0) is 9.53 Å². The number of anilines is 1. The Labute approximate surface area is 147 Å². The maximum Gasteiger partial charge on any atom is 0.342 e. The number of nitrogens with zero attached hydrogens (tertiary/aromatic N) is 1. The molecule has 136 valence electrons. The van der Waals surface area contributed by atoms with Gasteiger partial charge in [0, 0.05) is 12.1 Å². The molecule has 0 aliphatic carbocycles. The van der Waals surface area contributed by atoms with Crippen molar-refractivity contribution in [3.05, 3.63) is 63.5 Å². The number of amides is 1. The van der Waals surface area contributed by atoms with E-state index >= 15 is 0 Å². The number of carbonyl (C=O) groups excluding carboxylic acids is 2. The largest absolute Gasteiger partial charge is 0.496 e. The van der Waals surface area contributed by atoms with Crippen LogP contribution >= 0.6 is 0 Å². The number of hydrogen-bond acceptors (Lipinski definition) is 6. The second kappa shape index (κ2) is 8.06. The number of nitro benzene ring substituents is 1. The highest BCUT2D eigenvalue weighted by molar-refractivity contribution is 5.97. The Morgan fingerprint density at radius 3 is 2.58 bits per heavy atom. The number of carbonyl (C=O) groups is 2. The van der Waals surface area contributed by atoms with E-state index in [0.717, 1.165) is 6.07 Å². The number of ether oxygens (including phenoxy) is 2. The fraction of sp³-hybridized carbons (Fsp3) is 0.176. The third-order valence-corrected chi connectivity index (χ3v) is 3.35. The summed E-state index contributed by atoms with van der Waals surface area (Å²) in [6.45, 7) is 1.00. The van der Waals surface area contributed by atoms with Crippen molar-refractivity contribution in [3.63, 3.8) is 0 Å². The number of nitro groups is 1. The van der Waals surface area contributed by atoms with Crippen LogP contribution in [0.15, 0.2) is 36.4 Å². The molecule has 2 aromatic rings. The first kappa shape index (κ1) is 18.8. The Bertz CT molecular complexity index is 868. The van der Waals surface area contributed by atoms with E-state index in [1.165, 1.54) is 31.4 Å². The van der Waals surface area contributed by atoms with Crippen LogP contribution in [0.3, 0.4) is 0 Å². The summed E-state index contributed by atoms with van der Waals surface area (Å²) in [5.41, 5.74) is 0.106. The minimum atomic E-state index is -0.981. The standard InChI is InChI=1S/C17H15FN2O6/c1-10-3-5-14(13(18)7-10)19-16(21)9-26-17(22)12-8-11(20(23)24)4-6-15(12)25-2/h3-8H,9H2,1-2H3,(H,19,21). The van der Waals surface area contributed by atoms with Gasteiger partial charge in [-0.05, 0) is 30.7 Å². The van der Waals surface area contributed by atoms with E-state index in [1.807, 2.05) is 0 Å². The number of methoxy groups -OCH3 is 1. The summed E-state index contributed by atoms with van der Waals surface area (Å²) in [5.74, 6) is -2.30. The van der Waals surface area contributed by atoms with Gasteiger partial charge in [0.25, 0.3) is 11.6 Å². The molecule has 9 heteroatoms. The summed E-state index contributed by atoms with van der Waals surface area (Å²) < 4.78 is 23.5. The number of halogens is 1. The van der Waals surface area contributed by atoms with Crippen LogP contribution in [0.4, 0.5) is 15.8 Å². The van der Waals surface area contributed by atoms with Crippen molar-refractivity contribution in [2.24, 2.45) is 0 Å². The molecule has 26 heavy (non-hydrogen) atoms. The summed E-state index contributed by atoms with van der Waals surface area (Å²) in [7, 11) is 1.28. The van der Waals surface area contributed by atoms with Crippen LogP contribution in [0.1, 0.15) is 15.9 Å². The molecule has 2 aromatic carbocycles. The number of nitrogens with one attached hydrogen (secondary N) is 1. The van der Waals surface area contributed by atoms with Gasteiger partial charge in [0.1, 0.15) is 17.1 Å². The molecule has 0 saturated heterocycles. The van der Waals surface area contributed by atoms with E-state index in [0.29, 0.717) is 5.56 Å². The van der Waals surface area contributed by atoms with Gasteiger partial charge in [-0.1, -0.05) is 6.07 Å². The van der Waals surface area contributed by atoms with Gasteiger partial charge in [-0.15, -0.1) is 0 Å². The van der Waals surface area contributed by atoms with Gasteiger partial charge in [0.05, 0.1) is 17.7 Å². The van der Waals surface area contributed by atoms with Gasteiger partial charge >= 0.3 is 5.97 Å². The van der Waals surface area contributed by atoms with Crippen molar-refractivity contribution in [1.82, 2.24) is 0 Å². The van der Waals surface area contributed by atoms with Gasteiger partial charge in [0.2, 0.25) is 0 Å². The zero-order valence-electron chi connectivity index (χ0n) is 13.9. The number of hydrogen-bond donors (Lipinski definition) is 1. The number of rotatable bonds is 6. The van der Waals surface area contributed by atoms with Crippen molar-refractivity contribution < 1.29 is 28.4 Å². The van der Waals surface area contributed by atoms with Crippen molar-refractivity contribution in [2.75, 3.05) is 19.0 Å². The normalized spacial score (nSPS) is 10.1. The van der Waals surface area contributed by atoms with Crippen molar-refractivity contribution in [2.45, 2.75) is 6.92 Å². The lowest BCUT2D eigenvalue weighted by molar-refractivity contribution is -0.384. The Morgan fingerprint density at radius 2 is 1.96 bits per heavy atom. The first-order valence-electron chi connectivity index (χ1n) is 7.37. The van der Waals surface area contributed by atoms with E-state index in [2.05, 4.69) is 5.32 Å². The second-order valence-electron chi connectivity index (χ2n) is 5.25. The maximum absolute atomic E-state index is 13.7. The Kier molecular flexibility index (Phi) is 5.84. The highest BCUT2D eigenvalue weighted by Crippen LogP contribution is 2.24. The molecule has 1 N–H and O–H groups in total. The van der Waals surface area contributed by atoms with Crippen LogP contribution in [-0.4, -0.2) is 30.5 Å². The predicted octanol–water partition coefficient (Wildman–Crippen LogP) is 2.85.